The minimum absolute atomic E-state index is 0.203. The number of pyridine rings is 1. The zero-order valence-electron chi connectivity index (χ0n) is 18.0. The molecule has 3 nitrogen and oxygen atoms in total. The van der Waals surface area contributed by atoms with E-state index in [1.165, 1.54) is 16.5 Å². The molecule has 2 aromatic carbocycles. The van der Waals surface area contributed by atoms with Crippen molar-refractivity contribution in [1.82, 2.24) is 0 Å². The van der Waals surface area contributed by atoms with Crippen LogP contribution in [0.5, 0.6) is 0 Å². The van der Waals surface area contributed by atoms with E-state index in [-0.39, 0.29) is 5.92 Å². The van der Waals surface area contributed by atoms with Crippen molar-refractivity contribution in [2.24, 2.45) is 7.05 Å². The summed E-state index contributed by atoms with van der Waals surface area (Å²) in [7, 11) is 2.06. The van der Waals surface area contributed by atoms with Gasteiger partial charge in [0.2, 0.25) is 5.69 Å². The predicted molar refractivity (Wildman–Crippen MR) is 118 cm³/mol. The summed E-state index contributed by atoms with van der Waals surface area (Å²) < 4.78 is 8.77. The van der Waals surface area contributed by atoms with Crippen LogP contribution >= 0.6 is 0 Å². The van der Waals surface area contributed by atoms with Crippen molar-refractivity contribution >= 4 is 21.9 Å². The van der Waals surface area contributed by atoms with E-state index in [0.29, 0.717) is 11.5 Å². The highest BCUT2D eigenvalue weighted by Gasteiger charge is 2.26. The molecular weight excluding hydrogens is 356 g/mol. The molecule has 0 aliphatic rings. The highest BCUT2D eigenvalue weighted by molar-refractivity contribution is 6.12. The molecule has 0 amide bonds. The van der Waals surface area contributed by atoms with Gasteiger partial charge >= 0.3 is 0 Å². The molecule has 2 heterocycles. The summed E-state index contributed by atoms with van der Waals surface area (Å²) >= 11 is 0. The number of aromatic nitrogens is 1. The Morgan fingerprint density at radius 3 is 2.38 bits per heavy atom. The van der Waals surface area contributed by atoms with Crippen molar-refractivity contribution in [1.29, 1.82) is 5.26 Å². The predicted octanol–water partition coefficient (Wildman–Crippen LogP) is 6.50. The average Bonchev–Trinajstić information content (AvgIpc) is 3.06. The topological polar surface area (TPSA) is 40.8 Å². The molecule has 0 saturated heterocycles. The Bertz CT molecular complexity index is 1290. The second kappa shape index (κ2) is 7.04. The van der Waals surface area contributed by atoms with Gasteiger partial charge in [-0.1, -0.05) is 33.8 Å². The third kappa shape index (κ3) is 2.91. The maximum absolute atomic E-state index is 9.66. The van der Waals surface area contributed by atoms with Gasteiger partial charge < -0.3 is 4.42 Å². The molecule has 0 radical (unpaired) electrons. The lowest BCUT2D eigenvalue weighted by atomic mass is 9.89. The monoisotopic (exact) mass is 383 g/mol. The van der Waals surface area contributed by atoms with E-state index in [1.807, 2.05) is 12.1 Å². The molecule has 146 valence electrons. The Hall–Kier alpha value is -3.12. The summed E-state index contributed by atoms with van der Waals surface area (Å²) in [5.41, 5.74) is 8.20. The SMILES string of the molecule is Cc1cc(C(C)C)c2c(oc3c(C(C)C)c(C#N)ccc32)c1-c1cccc[n+]1C. The number of hydrogen-bond acceptors (Lipinski definition) is 2. The lowest BCUT2D eigenvalue weighted by Crippen LogP contribution is -2.30. The zero-order chi connectivity index (χ0) is 20.9. The lowest BCUT2D eigenvalue weighted by Gasteiger charge is -2.12. The number of furan rings is 1. The van der Waals surface area contributed by atoms with Gasteiger partial charge in [-0.25, -0.2) is 4.57 Å². The summed E-state index contributed by atoms with van der Waals surface area (Å²) in [6.45, 7) is 10.8. The normalized spacial score (nSPS) is 11.7. The van der Waals surface area contributed by atoms with E-state index in [1.54, 1.807) is 0 Å². The quantitative estimate of drug-likeness (QED) is 0.379. The van der Waals surface area contributed by atoms with Gasteiger partial charge in [0.1, 0.15) is 18.2 Å². The van der Waals surface area contributed by atoms with Crippen LogP contribution in [-0.4, -0.2) is 0 Å². The average molecular weight is 384 g/mol. The Balaban J connectivity index is 2.26. The van der Waals surface area contributed by atoms with Crippen molar-refractivity contribution in [3.63, 3.8) is 0 Å². The summed E-state index contributed by atoms with van der Waals surface area (Å²) in [5.74, 6) is 0.572. The highest BCUT2D eigenvalue weighted by Crippen LogP contribution is 2.43. The van der Waals surface area contributed by atoms with E-state index in [4.69, 9.17) is 4.42 Å². The van der Waals surface area contributed by atoms with Crippen LogP contribution in [0, 0.1) is 18.3 Å². The Morgan fingerprint density at radius 1 is 1.00 bits per heavy atom. The second-order valence-electron chi connectivity index (χ2n) is 8.49. The Morgan fingerprint density at radius 2 is 1.76 bits per heavy atom. The highest BCUT2D eigenvalue weighted by atomic mass is 16.3. The molecule has 0 spiro atoms. The molecule has 0 bridgehead atoms. The Kier molecular flexibility index (Phi) is 4.67. The summed E-state index contributed by atoms with van der Waals surface area (Å²) in [5, 5.41) is 11.9. The number of nitriles is 1. The third-order valence-corrected chi connectivity index (χ3v) is 5.81. The largest absolute Gasteiger partial charge is 0.455 e. The number of rotatable bonds is 3. The number of hydrogen-bond donors (Lipinski definition) is 0. The van der Waals surface area contributed by atoms with Gasteiger partial charge in [0.25, 0.3) is 0 Å². The molecule has 0 aliphatic carbocycles. The first-order valence-electron chi connectivity index (χ1n) is 10.2. The first-order valence-corrected chi connectivity index (χ1v) is 10.2. The van der Waals surface area contributed by atoms with Crippen molar-refractivity contribution < 1.29 is 8.98 Å². The fourth-order valence-electron chi connectivity index (χ4n) is 4.43. The van der Waals surface area contributed by atoms with Gasteiger partial charge in [-0.05, 0) is 48.1 Å². The molecule has 4 rings (SSSR count). The smallest absolute Gasteiger partial charge is 0.216 e. The van der Waals surface area contributed by atoms with Crippen LogP contribution in [0.1, 0.15) is 61.8 Å². The minimum atomic E-state index is 0.203. The molecule has 0 fully saturated rings. The van der Waals surface area contributed by atoms with Crippen LogP contribution in [0.2, 0.25) is 0 Å². The van der Waals surface area contributed by atoms with Gasteiger partial charge in [0.05, 0.1) is 17.2 Å². The standard InChI is InChI=1S/C26H27N2O/c1-15(2)20-13-17(5)23(21-9-7-8-12-28(21)6)26-24(20)19-11-10-18(14-27)22(16(3)4)25(19)29-26/h7-13,15-16H,1-6H3/q+1. The number of fused-ring (bicyclic) bond motifs is 3. The number of benzene rings is 2. The minimum Gasteiger partial charge on any atom is -0.455 e. The third-order valence-electron chi connectivity index (χ3n) is 5.81. The van der Waals surface area contributed by atoms with E-state index in [2.05, 4.69) is 82.8 Å². The van der Waals surface area contributed by atoms with Gasteiger partial charge in [-0.2, -0.15) is 5.26 Å². The van der Waals surface area contributed by atoms with E-state index < -0.39 is 0 Å². The number of aryl methyl sites for hydroxylation is 2. The summed E-state index contributed by atoms with van der Waals surface area (Å²) in [6, 6.07) is 14.9. The summed E-state index contributed by atoms with van der Waals surface area (Å²) in [6.07, 6.45) is 2.06. The fraction of sp³-hybridized carbons (Fsp3) is 0.308. The van der Waals surface area contributed by atoms with Crippen LogP contribution in [0.15, 0.2) is 47.0 Å². The van der Waals surface area contributed by atoms with Crippen molar-refractivity contribution in [3.8, 4) is 17.3 Å². The maximum Gasteiger partial charge on any atom is 0.216 e. The van der Waals surface area contributed by atoms with Crippen LogP contribution in [0.3, 0.4) is 0 Å². The molecule has 0 saturated carbocycles. The first kappa shape index (κ1) is 19.2. The molecule has 0 unspecified atom stereocenters. The maximum atomic E-state index is 9.66. The second-order valence-corrected chi connectivity index (χ2v) is 8.49. The molecule has 2 aromatic heterocycles. The van der Waals surface area contributed by atoms with Gasteiger partial charge in [0.15, 0.2) is 6.20 Å². The first-order chi connectivity index (χ1) is 13.8. The molecule has 29 heavy (non-hydrogen) atoms. The van der Waals surface area contributed by atoms with Gasteiger partial charge in [-0.15, -0.1) is 0 Å². The van der Waals surface area contributed by atoms with Gasteiger partial charge in [-0.3, -0.25) is 0 Å². The molecule has 3 heteroatoms. The van der Waals surface area contributed by atoms with Crippen molar-refractivity contribution in [2.45, 2.75) is 46.5 Å². The molecule has 4 aromatic rings. The fourth-order valence-corrected chi connectivity index (χ4v) is 4.43. The van der Waals surface area contributed by atoms with Gasteiger partial charge in [0, 0.05) is 28.5 Å². The van der Waals surface area contributed by atoms with Crippen LogP contribution < -0.4 is 4.57 Å². The van der Waals surface area contributed by atoms with E-state index in [0.717, 1.165) is 33.4 Å². The van der Waals surface area contributed by atoms with Crippen molar-refractivity contribution in [3.05, 3.63) is 64.8 Å². The molecule has 0 N–H and O–H groups in total. The van der Waals surface area contributed by atoms with E-state index in [9.17, 15) is 5.26 Å². The Labute approximate surface area is 172 Å². The number of nitrogens with zero attached hydrogens (tertiary/aromatic N) is 2. The molecule has 0 aliphatic heterocycles. The molecular formula is C26H27N2O+. The zero-order valence-corrected chi connectivity index (χ0v) is 18.0. The lowest BCUT2D eigenvalue weighted by molar-refractivity contribution is -0.660. The van der Waals surface area contributed by atoms with E-state index >= 15 is 0 Å². The molecule has 0 atom stereocenters. The van der Waals surface area contributed by atoms with Crippen LogP contribution in [0.4, 0.5) is 0 Å². The summed E-state index contributed by atoms with van der Waals surface area (Å²) in [4.78, 5) is 0. The van der Waals surface area contributed by atoms with Crippen molar-refractivity contribution in [2.75, 3.05) is 0 Å². The van der Waals surface area contributed by atoms with Crippen LogP contribution in [0.25, 0.3) is 33.2 Å². The van der Waals surface area contributed by atoms with Crippen LogP contribution in [-0.2, 0) is 7.05 Å².